The molecule has 19 heavy (non-hydrogen) atoms. The molecule has 4 heteroatoms. The van der Waals surface area contributed by atoms with Crippen molar-refractivity contribution in [2.24, 2.45) is 5.73 Å². The molecule has 0 spiro atoms. The number of piperidine rings is 1. The van der Waals surface area contributed by atoms with E-state index in [0.29, 0.717) is 11.0 Å². The first-order valence-corrected chi connectivity index (χ1v) is 7.21. The van der Waals surface area contributed by atoms with E-state index in [1.807, 2.05) is 6.07 Å². The lowest BCUT2D eigenvalue weighted by molar-refractivity contribution is 0.253. The van der Waals surface area contributed by atoms with Gasteiger partial charge in [-0.3, -0.25) is 0 Å². The zero-order valence-electron chi connectivity index (χ0n) is 12.0. The molecule has 0 aliphatic carbocycles. The van der Waals surface area contributed by atoms with Crippen molar-refractivity contribution in [3.63, 3.8) is 0 Å². The number of aryl methyl sites for hydroxylation is 1. The molecule has 0 unspecified atom stereocenters. The average Bonchev–Trinajstić information content (AvgIpc) is 2.38. The highest BCUT2D eigenvalue weighted by Gasteiger charge is 2.21. The average molecular weight is 277 g/mol. The van der Waals surface area contributed by atoms with E-state index in [9.17, 15) is 0 Å². The molecule has 0 amide bonds. The first kappa shape index (κ1) is 14.3. The Bertz CT molecular complexity index is 464. The number of thiocarbonyl (C=S) groups is 1. The second kappa shape index (κ2) is 5.88. The summed E-state index contributed by atoms with van der Waals surface area (Å²) in [5.41, 5.74) is 9.16. The van der Waals surface area contributed by atoms with Gasteiger partial charge in [-0.1, -0.05) is 12.2 Å². The highest BCUT2D eigenvalue weighted by atomic mass is 32.1. The van der Waals surface area contributed by atoms with E-state index in [2.05, 4.69) is 43.0 Å². The van der Waals surface area contributed by atoms with Gasteiger partial charge in [0.25, 0.3) is 0 Å². The Morgan fingerprint density at radius 1 is 1.37 bits per heavy atom. The second-order valence-electron chi connectivity index (χ2n) is 5.51. The summed E-state index contributed by atoms with van der Waals surface area (Å²) >= 11 is 5.03. The predicted molar refractivity (Wildman–Crippen MR) is 86.0 cm³/mol. The largest absolute Gasteiger partial charge is 0.389 e. The van der Waals surface area contributed by atoms with Crippen molar-refractivity contribution in [1.82, 2.24) is 4.90 Å². The van der Waals surface area contributed by atoms with E-state index in [0.717, 1.165) is 5.56 Å². The van der Waals surface area contributed by atoms with Crippen LogP contribution in [-0.4, -0.2) is 43.1 Å². The molecule has 1 fully saturated rings. The molecule has 2 N–H and O–H groups in total. The number of rotatable bonds is 3. The minimum atomic E-state index is 0.469. The zero-order valence-corrected chi connectivity index (χ0v) is 12.8. The lowest BCUT2D eigenvalue weighted by atomic mass is 10.0. The monoisotopic (exact) mass is 277 g/mol. The van der Waals surface area contributed by atoms with Crippen molar-refractivity contribution in [2.45, 2.75) is 25.8 Å². The van der Waals surface area contributed by atoms with Crippen LogP contribution in [0.2, 0.25) is 0 Å². The summed E-state index contributed by atoms with van der Waals surface area (Å²) in [5.74, 6) is 0. The molecule has 1 aliphatic heterocycles. The molecule has 104 valence electrons. The van der Waals surface area contributed by atoms with Gasteiger partial charge in [-0.25, -0.2) is 0 Å². The van der Waals surface area contributed by atoms with Gasteiger partial charge in [0.1, 0.15) is 4.99 Å². The standard InChI is InChI=1S/C15H23N3S/c1-11-10-12(15(16)19)4-5-14(11)18(3)13-6-8-17(2)9-7-13/h4-5,10,13H,6-9H2,1-3H3,(H2,16,19). The van der Waals surface area contributed by atoms with Crippen molar-refractivity contribution >= 4 is 22.9 Å². The summed E-state index contributed by atoms with van der Waals surface area (Å²) in [6.07, 6.45) is 2.45. The Labute approximate surface area is 121 Å². The van der Waals surface area contributed by atoms with Gasteiger partial charge in [-0.15, -0.1) is 0 Å². The Kier molecular flexibility index (Phi) is 4.42. The maximum atomic E-state index is 5.68. The maximum absolute atomic E-state index is 5.68. The molecule has 2 rings (SSSR count). The molecule has 0 saturated carbocycles. The van der Waals surface area contributed by atoms with Crippen LogP contribution < -0.4 is 10.6 Å². The minimum Gasteiger partial charge on any atom is -0.389 e. The van der Waals surface area contributed by atoms with Gasteiger partial charge in [-0.05, 0) is 63.7 Å². The van der Waals surface area contributed by atoms with Crippen LogP contribution in [0.3, 0.4) is 0 Å². The van der Waals surface area contributed by atoms with Gasteiger partial charge in [0.15, 0.2) is 0 Å². The molecule has 1 saturated heterocycles. The summed E-state index contributed by atoms with van der Waals surface area (Å²) in [5, 5.41) is 0. The van der Waals surface area contributed by atoms with Gasteiger partial charge >= 0.3 is 0 Å². The summed E-state index contributed by atoms with van der Waals surface area (Å²) in [7, 11) is 4.39. The topological polar surface area (TPSA) is 32.5 Å². The molecule has 0 atom stereocenters. The van der Waals surface area contributed by atoms with Gasteiger partial charge in [0.05, 0.1) is 0 Å². The van der Waals surface area contributed by atoms with Crippen LogP contribution in [0.5, 0.6) is 0 Å². The predicted octanol–water partition coefficient (Wildman–Crippen LogP) is 2.16. The van der Waals surface area contributed by atoms with Crippen LogP contribution in [0, 0.1) is 6.92 Å². The van der Waals surface area contributed by atoms with E-state index < -0.39 is 0 Å². The van der Waals surface area contributed by atoms with Crippen LogP contribution in [0.1, 0.15) is 24.0 Å². The number of likely N-dealkylation sites (tertiary alicyclic amines) is 1. The van der Waals surface area contributed by atoms with Crippen LogP contribution in [-0.2, 0) is 0 Å². The van der Waals surface area contributed by atoms with Crippen molar-refractivity contribution in [2.75, 3.05) is 32.1 Å². The molecule has 3 nitrogen and oxygen atoms in total. The molecule has 0 aromatic heterocycles. The SMILES string of the molecule is Cc1cc(C(N)=S)ccc1N(C)C1CCN(C)CC1. The lowest BCUT2D eigenvalue weighted by Crippen LogP contribution is -2.42. The van der Waals surface area contributed by atoms with Gasteiger partial charge in [-0.2, -0.15) is 0 Å². The summed E-state index contributed by atoms with van der Waals surface area (Å²) < 4.78 is 0. The second-order valence-corrected chi connectivity index (χ2v) is 5.95. The van der Waals surface area contributed by atoms with Crippen molar-refractivity contribution in [3.8, 4) is 0 Å². The summed E-state index contributed by atoms with van der Waals surface area (Å²) in [6.45, 7) is 4.49. The van der Waals surface area contributed by atoms with Gasteiger partial charge in [0.2, 0.25) is 0 Å². The van der Waals surface area contributed by atoms with Crippen LogP contribution >= 0.6 is 12.2 Å². The summed E-state index contributed by atoms with van der Waals surface area (Å²) in [6, 6.07) is 6.88. The minimum absolute atomic E-state index is 0.469. The maximum Gasteiger partial charge on any atom is 0.103 e. The van der Waals surface area contributed by atoms with Crippen molar-refractivity contribution in [3.05, 3.63) is 29.3 Å². The lowest BCUT2D eigenvalue weighted by Gasteiger charge is -2.37. The van der Waals surface area contributed by atoms with Crippen molar-refractivity contribution in [1.29, 1.82) is 0 Å². The number of hydrogen-bond acceptors (Lipinski definition) is 3. The van der Waals surface area contributed by atoms with Crippen molar-refractivity contribution < 1.29 is 0 Å². The molecule has 1 aromatic carbocycles. The first-order valence-electron chi connectivity index (χ1n) is 6.81. The van der Waals surface area contributed by atoms with Crippen LogP contribution in [0.15, 0.2) is 18.2 Å². The Balaban J connectivity index is 2.15. The van der Waals surface area contributed by atoms with E-state index in [1.54, 1.807) is 0 Å². The Hall–Kier alpha value is -1.13. The van der Waals surface area contributed by atoms with Gasteiger partial charge in [0, 0.05) is 24.3 Å². The summed E-state index contributed by atoms with van der Waals surface area (Å²) in [4.78, 5) is 5.27. The molecule has 1 aliphatic rings. The van der Waals surface area contributed by atoms with Crippen LogP contribution in [0.25, 0.3) is 0 Å². The Morgan fingerprint density at radius 3 is 2.53 bits per heavy atom. The number of hydrogen-bond donors (Lipinski definition) is 1. The molecular formula is C15H23N3S. The van der Waals surface area contributed by atoms with Gasteiger partial charge < -0.3 is 15.5 Å². The Morgan fingerprint density at radius 2 is 2.00 bits per heavy atom. The number of benzene rings is 1. The number of nitrogens with two attached hydrogens (primary N) is 1. The smallest absolute Gasteiger partial charge is 0.103 e. The third kappa shape index (κ3) is 3.25. The van der Waals surface area contributed by atoms with E-state index in [-0.39, 0.29) is 0 Å². The van der Waals surface area contributed by atoms with E-state index >= 15 is 0 Å². The third-order valence-corrected chi connectivity index (χ3v) is 4.33. The zero-order chi connectivity index (χ0) is 14.0. The fourth-order valence-electron chi connectivity index (χ4n) is 2.78. The fraction of sp³-hybridized carbons (Fsp3) is 0.533. The molecule has 1 heterocycles. The molecule has 0 bridgehead atoms. The molecular weight excluding hydrogens is 254 g/mol. The van der Waals surface area contributed by atoms with E-state index in [4.69, 9.17) is 18.0 Å². The third-order valence-electron chi connectivity index (χ3n) is 4.10. The van der Waals surface area contributed by atoms with Crippen LogP contribution in [0.4, 0.5) is 5.69 Å². The van der Waals surface area contributed by atoms with E-state index in [1.165, 1.54) is 37.2 Å². The highest BCUT2D eigenvalue weighted by Crippen LogP contribution is 2.25. The molecule has 0 radical (unpaired) electrons. The fourth-order valence-corrected chi connectivity index (χ4v) is 2.91. The quantitative estimate of drug-likeness (QED) is 0.858. The highest BCUT2D eigenvalue weighted by molar-refractivity contribution is 7.80. The molecule has 1 aromatic rings. The number of nitrogens with zero attached hydrogens (tertiary/aromatic N) is 2. The normalized spacial score (nSPS) is 17.4. The number of anilines is 1. The first-order chi connectivity index (χ1) is 8.99.